The van der Waals surface area contributed by atoms with Crippen LogP contribution >= 0.6 is 0 Å². The molecule has 1 aromatic rings. The van der Waals surface area contributed by atoms with Crippen molar-refractivity contribution in [2.75, 3.05) is 6.54 Å². The Kier molecular flexibility index (Phi) is 6.94. The molecule has 0 aliphatic rings. The van der Waals surface area contributed by atoms with Gasteiger partial charge in [-0.05, 0) is 18.6 Å². The van der Waals surface area contributed by atoms with E-state index in [0.29, 0.717) is 6.42 Å². The minimum absolute atomic E-state index is 0.0593. The average Bonchev–Trinajstić information content (AvgIpc) is 2.47. The van der Waals surface area contributed by atoms with Gasteiger partial charge in [-0.1, -0.05) is 38.0 Å². The lowest BCUT2D eigenvalue weighted by Crippen LogP contribution is -2.34. The largest absolute Gasteiger partial charge is 0.481 e. The van der Waals surface area contributed by atoms with E-state index in [9.17, 15) is 14.4 Å². The minimum Gasteiger partial charge on any atom is -0.481 e. The Bertz CT molecular complexity index is 486. The molecule has 6 heteroatoms. The van der Waals surface area contributed by atoms with Gasteiger partial charge in [-0.25, -0.2) is 9.59 Å². The zero-order valence-electron chi connectivity index (χ0n) is 11.9. The molecule has 1 atom stereocenters. The second kappa shape index (κ2) is 8.73. The number of hydrogen-bond acceptors (Lipinski definition) is 4. The summed E-state index contributed by atoms with van der Waals surface area (Å²) in [6.45, 7) is 1.90. The summed E-state index contributed by atoms with van der Waals surface area (Å²) in [5.41, 5.74) is 0.258. The minimum atomic E-state index is -0.974. The molecule has 0 fully saturated rings. The van der Waals surface area contributed by atoms with E-state index in [1.54, 1.807) is 18.2 Å². The van der Waals surface area contributed by atoms with E-state index in [1.807, 2.05) is 6.92 Å². The third-order valence-electron chi connectivity index (χ3n) is 2.94. The Balaban J connectivity index is 2.42. The molecule has 0 aliphatic heterocycles. The lowest BCUT2D eigenvalue weighted by Gasteiger charge is -2.12. The summed E-state index contributed by atoms with van der Waals surface area (Å²) in [4.78, 5) is 34.1. The molecular formula is C15H19NO5. The van der Waals surface area contributed by atoms with Crippen LogP contribution in [0.1, 0.15) is 36.5 Å². The van der Waals surface area contributed by atoms with Crippen LogP contribution in [0.25, 0.3) is 0 Å². The second-order valence-corrected chi connectivity index (χ2v) is 4.60. The number of carbonyl (C=O) groups excluding carboxylic acids is 2. The van der Waals surface area contributed by atoms with Crippen molar-refractivity contribution >= 4 is 18.0 Å². The first-order valence-corrected chi connectivity index (χ1v) is 6.82. The molecule has 0 spiro atoms. The van der Waals surface area contributed by atoms with Crippen molar-refractivity contribution in [2.45, 2.75) is 26.2 Å². The zero-order valence-corrected chi connectivity index (χ0v) is 11.9. The lowest BCUT2D eigenvalue weighted by molar-refractivity contribution is -0.141. The number of nitrogens with one attached hydrogen (secondary N) is 1. The second-order valence-electron chi connectivity index (χ2n) is 4.60. The Hall–Kier alpha value is -2.37. The van der Waals surface area contributed by atoms with Crippen molar-refractivity contribution in [1.29, 1.82) is 0 Å². The molecular weight excluding hydrogens is 274 g/mol. The van der Waals surface area contributed by atoms with Crippen LogP contribution in [0.5, 0.6) is 0 Å². The van der Waals surface area contributed by atoms with Gasteiger partial charge in [0.1, 0.15) is 0 Å². The number of ether oxygens (including phenoxy) is 1. The van der Waals surface area contributed by atoms with Gasteiger partial charge in [-0.2, -0.15) is 0 Å². The summed E-state index contributed by atoms with van der Waals surface area (Å²) in [7, 11) is 0. The van der Waals surface area contributed by atoms with Crippen LogP contribution in [0.2, 0.25) is 0 Å². The van der Waals surface area contributed by atoms with E-state index in [-0.39, 0.29) is 12.1 Å². The number of aliphatic carboxylic acids is 1. The number of alkyl carbamates (subject to hydrolysis) is 1. The van der Waals surface area contributed by atoms with E-state index in [1.165, 1.54) is 12.1 Å². The molecule has 114 valence electrons. The zero-order chi connectivity index (χ0) is 15.7. The normalized spacial score (nSPS) is 11.5. The summed E-state index contributed by atoms with van der Waals surface area (Å²) in [6, 6.07) is 8.09. The van der Waals surface area contributed by atoms with Crippen molar-refractivity contribution < 1.29 is 24.2 Å². The molecule has 0 saturated heterocycles. The molecule has 0 aliphatic carbocycles. The van der Waals surface area contributed by atoms with Gasteiger partial charge in [-0.15, -0.1) is 0 Å². The number of benzene rings is 1. The van der Waals surface area contributed by atoms with Crippen LogP contribution < -0.4 is 5.32 Å². The Morgan fingerprint density at radius 3 is 2.48 bits per heavy atom. The molecule has 1 amide bonds. The number of carbonyl (C=O) groups is 3. The molecule has 0 bridgehead atoms. The monoisotopic (exact) mass is 293 g/mol. The topological polar surface area (TPSA) is 92.7 Å². The molecule has 0 aromatic heterocycles. The maximum Gasteiger partial charge on any atom is 0.415 e. The first-order chi connectivity index (χ1) is 10.0. The van der Waals surface area contributed by atoms with Crippen molar-refractivity contribution in [2.24, 2.45) is 5.92 Å². The highest BCUT2D eigenvalue weighted by molar-refractivity contribution is 5.96. The highest BCUT2D eigenvalue weighted by atomic mass is 16.6. The van der Waals surface area contributed by atoms with Gasteiger partial charge in [0, 0.05) is 6.54 Å². The van der Waals surface area contributed by atoms with Crippen LogP contribution in [-0.2, 0) is 9.53 Å². The highest BCUT2D eigenvalue weighted by Crippen LogP contribution is 2.08. The molecule has 2 N–H and O–H groups in total. The van der Waals surface area contributed by atoms with E-state index < -0.39 is 23.9 Å². The molecule has 0 heterocycles. The van der Waals surface area contributed by atoms with E-state index >= 15 is 0 Å². The predicted molar refractivity (Wildman–Crippen MR) is 75.9 cm³/mol. The van der Waals surface area contributed by atoms with Crippen LogP contribution in [0.4, 0.5) is 4.79 Å². The summed E-state index contributed by atoms with van der Waals surface area (Å²) in [5, 5.41) is 11.3. The van der Waals surface area contributed by atoms with Crippen molar-refractivity contribution in [3.05, 3.63) is 35.9 Å². The van der Waals surface area contributed by atoms with Crippen molar-refractivity contribution in [3.63, 3.8) is 0 Å². The molecule has 1 rings (SSSR count). The Morgan fingerprint density at radius 2 is 1.90 bits per heavy atom. The van der Waals surface area contributed by atoms with Gasteiger partial charge in [0.15, 0.2) is 0 Å². The maximum absolute atomic E-state index is 11.6. The summed E-state index contributed by atoms with van der Waals surface area (Å²) in [5.74, 6) is -2.42. The van der Waals surface area contributed by atoms with Gasteiger partial charge < -0.3 is 15.2 Å². The van der Waals surface area contributed by atoms with Gasteiger partial charge >= 0.3 is 18.0 Å². The van der Waals surface area contributed by atoms with Gasteiger partial charge in [-0.3, -0.25) is 4.79 Å². The first kappa shape index (κ1) is 16.7. The Morgan fingerprint density at radius 1 is 1.24 bits per heavy atom. The molecule has 6 nitrogen and oxygen atoms in total. The van der Waals surface area contributed by atoms with E-state index in [2.05, 4.69) is 10.1 Å². The van der Waals surface area contributed by atoms with Gasteiger partial charge in [0.05, 0.1) is 11.5 Å². The lowest BCUT2D eigenvalue weighted by atomic mass is 10.0. The number of amides is 1. The highest BCUT2D eigenvalue weighted by Gasteiger charge is 2.19. The third kappa shape index (κ3) is 6.07. The molecule has 0 radical (unpaired) electrons. The van der Waals surface area contributed by atoms with E-state index in [4.69, 9.17) is 5.11 Å². The number of carboxylic acid groups (broad SMARTS) is 1. The molecule has 0 unspecified atom stereocenters. The standard InChI is InChI=1S/C15H19NO5/c1-2-3-7-12(13(17)18)10-16-15(20)21-14(19)11-8-5-4-6-9-11/h4-6,8-9,12H,2-3,7,10H2,1H3,(H,16,20)(H,17,18)/t12-/m1/s1. The number of carboxylic acids is 1. The molecule has 0 saturated carbocycles. The van der Waals surface area contributed by atoms with Gasteiger partial charge in [0.25, 0.3) is 0 Å². The van der Waals surface area contributed by atoms with Gasteiger partial charge in [0.2, 0.25) is 0 Å². The van der Waals surface area contributed by atoms with Crippen LogP contribution in [0, 0.1) is 5.92 Å². The number of hydrogen-bond donors (Lipinski definition) is 2. The third-order valence-corrected chi connectivity index (χ3v) is 2.94. The fraction of sp³-hybridized carbons (Fsp3) is 0.400. The number of unbranched alkanes of at least 4 members (excludes halogenated alkanes) is 1. The van der Waals surface area contributed by atoms with Crippen molar-refractivity contribution in [1.82, 2.24) is 5.32 Å². The van der Waals surface area contributed by atoms with Crippen LogP contribution in [-0.4, -0.2) is 29.7 Å². The fourth-order valence-electron chi connectivity index (χ4n) is 1.72. The van der Waals surface area contributed by atoms with E-state index in [0.717, 1.165) is 12.8 Å². The quantitative estimate of drug-likeness (QED) is 0.595. The maximum atomic E-state index is 11.6. The number of esters is 1. The van der Waals surface area contributed by atoms with Crippen LogP contribution in [0.3, 0.4) is 0 Å². The Labute approximate surface area is 123 Å². The summed E-state index contributed by atoms with van der Waals surface area (Å²) >= 11 is 0. The molecule has 21 heavy (non-hydrogen) atoms. The summed E-state index contributed by atoms with van der Waals surface area (Å²) < 4.78 is 4.59. The van der Waals surface area contributed by atoms with Crippen molar-refractivity contribution in [3.8, 4) is 0 Å². The average molecular weight is 293 g/mol. The van der Waals surface area contributed by atoms with Crippen LogP contribution in [0.15, 0.2) is 30.3 Å². The number of rotatable bonds is 7. The smallest absolute Gasteiger partial charge is 0.415 e. The fourth-order valence-corrected chi connectivity index (χ4v) is 1.72. The SMILES string of the molecule is CCCC[C@H](CNC(=O)OC(=O)c1ccccc1)C(=O)O. The predicted octanol–water partition coefficient (Wildman–Crippen LogP) is 2.44. The summed E-state index contributed by atoms with van der Waals surface area (Å²) in [6.07, 6.45) is 1.17. The molecule has 1 aromatic carbocycles. The first-order valence-electron chi connectivity index (χ1n) is 6.82.